The zero-order valence-corrected chi connectivity index (χ0v) is 21.7. The van der Waals surface area contributed by atoms with Crippen LogP contribution < -0.4 is 16.1 Å². The number of aliphatic hydroxyl groups excluding tert-OH is 1. The summed E-state index contributed by atoms with van der Waals surface area (Å²) in [7, 11) is 3.70. The van der Waals surface area contributed by atoms with E-state index in [1.807, 2.05) is 54.4 Å². The largest absolute Gasteiger partial charge is 0.389 e. The maximum atomic E-state index is 13.2. The minimum atomic E-state index is -0.760. The summed E-state index contributed by atoms with van der Waals surface area (Å²) in [6, 6.07) is 17.2. The van der Waals surface area contributed by atoms with Crippen molar-refractivity contribution in [3.8, 4) is 0 Å². The third-order valence-corrected chi connectivity index (χ3v) is 7.52. The molecule has 2 aromatic heterocycles. The molecule has 4 aromatic rings. The first-order valence-corrected chi connectivity index (χ1v) is 12.6. The number of fused-ring (bicyclic) bond motifs is 1. The lowest BCUT2D eigenvalue weighted by molar-refractivity contribution is 0.0333. The molecule has 0 radical (unpaired) electrons. The Morgan fingerprint density at radius 1 is 1.19 bits per heavy atom. The molecule has 2 heterocycles. The van der Waals surface area contributed by atoms with Crippen LogP contribution in [0.2, 0.25) is 5.02 Å². The van der Waals surface area contributed by atoms with Crippen LogP contribution in [0.5, 0.6) is 0 Å². The first-order valence-electron chi connectivity index (χ1n) is 11.4. The molecule has 36 heavy (non-hydrogen) atoms. The molecule has 0 aliphatic heterocycles. The fraction of sp³-hybridized carbons (Fsp3) is 0.259. The number of aryl methyl sites for hydroxylation is 1. The number of amides is 1. The highest BCUT2D eigenvalue weighted by atomic mass is 35.5. The number of carbonyl (C=O) groups is 1. The molecular formula is C27H28ClN3O4S. The fourth-order valence-electron chi connectivity index (χ4n) is 4.16. The van der Waals surface area contributed by atoms with Gasteiger partial charge in [0, 0.05) is 42.4 Å². The topological polar surface area (TPSA) is 97.8 Å². The van der Waals surface area contributed by atoms with Gasteiger partial charge in [0.25, 0.3) is 5.91 Å². The van der Waals surface area contributed by atoms with Crippen molar-refractivity contribution < 1.29 is 14.6 Å². The normalized spacial score (nSPS) is 12.1. The van der Waals surface area contributed by atoms with Crippen LogP contribution in [0.4, 0.5) is 5.69 Å². The van der Waals surface area contributed by atoms with Crippen molar-refractivity contribution in [3.63, 3.8) is 0 Å². The van der Waals surface area contributed by atoms with Gasteiger partial charge in [0.1, 0.15) is 10.4 Å². The standard InChI is InChI=1S/C27H28ClN3O4S/c1-30(19-6-4-3-5-7-19)13-20(32)15-35-16-23-21(12-17-8-10-18(28)11-9-17)24-25(33)22(26(29)34)14-31(2)27(24)36-23/h3-11,14,20,32H,12-13,15-16H2,1-2H3,(H2,29,34). The molecule has 0 fully saturated rings. The zero-order valence-electron chi connectivity index (χ0n) is 20.1. The number of para-hydroxylation sites is 1. The molecule has 0 aliphatic rings. The molecule has 7 nitrogen and oxygen atoms in total. The minimum absolute atomic E-state index is 0.0491. The molecule has 1 unspecified atom stereocenters. The number of hydrogen-bond donors (Lipinski definition) is 2. The van der Waals surface area contributed by atoms with Crippen molar-refractivity contribution in [2.24, 2.45) is 12.8 Å². The Kier molecular flexibility index (Phi) is 8.11. The Morgan fingerprint density at radius 2 is 1.89 bits per heavy atom. The monoisotopic (exact) mass is 525 g/mol. The van der Waals surface area contributed by atoms with Crippen molar-refractivity contribution >= 4 is 44.7 Å². The molecular weight excluding hydrogens is 498 g/mol. The van der Waals surface area contributed by atoms with E-state index in [1.54, 1.807) is 23.7 Å². The molecule has 9 heteroatoms. The Bertz CT molecular complexity index is 1420. The molecule has 0 bridgehead atoms. The van der Waals surface area contributed by atoms with Crippen LogP contribution in [0.3, 0.4) is 0 Å². The number of anilines is 1. The van der Waals surface area contributed by atoms with Gasteiger partial charge in [0.2, 0.25) is 5.43 Å². The van der Waals surface area contributed by atoms with E-state index in [-0.39, 0.29) is 24.2 Å². The fourth-order valence-corrected chi connectivity index (χ4v) is 5.47. The van der Waals surface area contributed by atoms with Crippen LogP contribution in [-0.4, -0.2) is 41.9 Å². The number of rotatable bonds is 10. The number of thiophene rings is 1. The Morgan fingerprint density at radius 3 is 2.56 bits per heavy atom. The lowest BCUT2D eigenvalue weighted by Gasteiger charge is -2.22. The summed E-state index contributed by atoms with van der Waals surface area (Å²) >= 11 is 7.48. The number of benzene rings is 2. The van der Waals surface area contributed by atoms with Gasteiger partial charge in [-0.1, -0.05) is 41.9 Å². The Hall–Kier alpha value is -3.17. The summed E-state index contributed by atoms with van der Waals surface area (Å²) in [5, 5.41) is 11.6. The average molecular weight is 526 g/mol. The van der Waals surface area contributed by atoms with E-state index in [9.17, 15) is 14.7 Å². The number of aromatic nitrogens is 1. The second kappa shape index (κ2) is 11.3. The third-order valence-electron chi connectivity index (χ3n) is 5.97. The summed E-state index contributed by atoms with van der Waals surface area (Å²) < 4.78 is 7.66. The number of nitrogens with zero attached hydrogens (tertiary/aromatic N) is 2. The van der Waals surface area contributed by atoms with Gasteiger partial charge in [-0.2, -0.15) is 0 Å². The van der Waals surface area contributed by atoms with Crippen LogP contribution in [0.1, 0.15) is 26.4 Å². The quantitative estimate of drug-likeness (QED) is 0.326. The molecule has 3 N–H and O–H groups in total. The number of halogens is 1. The SMILES string of the molecule is CN(CC(O)COCc1sc2c(c1Cc1ccc(Cl)cc1)c(=O)c(C(N)=O)cn2C)c1ccccc1. The van der Waals surface area contributed by atoms with Gasteiger partial charge in [0.05, 0.1) is 24.7 Å². The number of nitrogens with two attached hydrogens (primary N) is 1. The average Bonchev–Trinajstić information content (AvgIpc) is 3.22. The number of ether oxygens (including phenoxy) is 1. The third kappa shape index (κ3) is 5.79. The predicted molar refractivity (Wildman–Crippen MR) is 145 cm³/mol. The van der Waals surface area contributed by atoms with Gasteiger partial charge in [-0.05, 0) is 41.8 Å². The summed E-state index contributed by atoms with van der Waals surface area (Å²) in [5.41, 5.74) is 7.81. The first-order chi connectivity index (χ1) is 17.2. The van der Waals surface area contributed by atoms with E-state index in [4.69, 9.17) is 22.1 Å². The van der Waals surface area contributed by atoms with Crippen LogP contribution in [0, 0.1) is 0 Å². The van der Waals surface area contributed by atoms with Gasteiger partial charge in [-0.15, -0.1) is 11.3 Å². The second-order valence-electron chi connectivity index (χ2n) is 8.72. The van der Waals surface area contributed by atoms with Crippen molar-refractivity contribution in [3.05, 3.63) is 97.6 Å². The Labute approximate surface area is 218 Å². The summed E-state index contributed by atoms with van der Waals surface area (Å²) in [4.78, 5) is 28.7. The highest BCUT2D eigenvalue weighted by molar-refractivity contribution is 7.18. The van der Waals surface area contributed by atoms with E-state index < -0.39 is 12.0 Å². The zero-order chi connectivity index (χ0) is 25.8. The number of aliphatic hydroxyl groups is 1. The molecule has 0 aliphatic carbocycles. The minimum Gasteiger partial charge on any atom is -0.389 e. The van der Waals surface area contributed by atoms with E-state index in [0.717, 1.165) is 26.5 Å². The lowest BCUT2D eigenvalue weighted by atomic mass is 10.0. The predicted octanol–water partition coefficient (Wildman–Crippen LogP) is 3.96. The van der Waals surface area contributed by atoms with E-state index in [2.05, 4.69) is 0 Å². The van der Waals surface area contributed by atoms with Gasteiger partial charge < -0.3 is 25.0 Å². The van der Waals surface area contributed by atoms with Crippen molar-refractivity contribution in [2.75, 3.05) is 25.1 Å². The van der Waals surface area contributed by atoms with Crippen molar-refractivity contribution in [1.29, 1.82) is 0 Å². The van der Waals surface area contributed by atoms with E-state index in [1.165, 1.54) is 17.5 Å². The first kappa shape index (κ1) is 25.9. The lowest BCUT2D eigenvalue weighted by Crippen LogP contribution is -2.32. The molecule has 1 amide bonds. The van der Waals surface area contributed by atoms with Crippen LogP contribution >= 0.6 is 22.9 Å². The molecule has 2 aromatic carbocycles. The maximum Gasteiger partial charge on any atom is 0.254 e. The molecule has 1 atom stereocenters. The maximum absolute atomic E-state index is 13.2. The number of pyridine rings is 1. The summed E-state index contributed by atoms with van der Waals surface area (Å²) in [5.74, 6) is -0.760. The van der Waals surface area contributed by atoms with Crippen molar-refractivity contribution in [2.45, 2.75) is 19.1 Å². The van der Waals surface area contributed by atoms with Crippen LogP contribution in [0.25, 0.3) is 10.2 Å². The number of likely N-dealkylation sites (N-methyl/N-ethyl adjacent to an activating group) is 1. The van der Waals surface area contributed by atoms with Gasteiger partial charge in [-0.25, -0.2) is 0 Å². The second-order valence-corrected chi connectivity index (χ2v) is 10.2. The van der Waals surface area contributed by atoms with Gasteiger partial charge >= 0.3 is 0 Å². The smallest absolute Gasteiger partial charge is 0.254 e. The molecule has 0 spiro atoms. The molecule has 0 saturated heterocycles. The van der Waals surface area contributed by atoms with Crippen molar-refractivity contribution in [1.82, 2.24) is 4.57 Å². The molecule has 188 valence electrons. The molecule has 0 saturated carbocycles. The number of primary amides is 1. The Balaban J connectivity index is 1.58. The van der Waals surface area contributed by atoms with Gasteiger partial charge in [0.15, 0.2) is 0 Å². The van der Waals surface area contributed by atoms with Crippen LogP contribution in [0.15, 0.2) is 65.6 Å². The van der Waals surface area contributed by atoms with Gasteiger partial charge in [-0.3, -0.25) is 9.59 Å². The number of hydrogen-bond acceptors (Lipinski definition) is 6. The number of carbonyl (C=O) groups excluding carboxylic acids is 1. The van der Waals surface area contributed by atoms with E-state index >= 15 is 0 Å². The van der Waals surface area contributed by atoms with Crippen LogP contribution in [-0.2, 0) is 24.8 Å². The highest BCUT2D eigenvalue weighted by Gasteiger charge is 2.21. The highest BCUT2D eigenvalue weighted by Crippen LogP contribution is 2.32. The summed E-state index contributed by atoms with van der Waals surface area (Å²) in [6.07, 6.45) is 1.24. The molecule has 4 rings (SSSR count). The summed E-state index contributed by atoms with van der Waals surface area (Å²) in [6.45, 7) is 0.768. The van der Waals surface area contributed by atoms with E-state index in [0.29, 0.717) is 23.4 Å².